The van der Waals surface area contributed by atoms with E-state index in [9.17, 15) is 14.4 Å². The fraction of sp³-hybridized carbons (Fsp3) is 0.292. The minimum Gasteiger partial charge on any atom is -0.465 e. The topological polar surface area (TPSA) is 84.5 Å². The molecule has 2 rings (SSSR count). The van der Waals surface area contributed by atoms with E-state index in [-0.39, 0.29) is 24.8 Å². The zero-order valence-corrected chi connectivity index (χ0v) is 17.7. The molecule has 0 fully saturated rings. The molecule has 0 saturated heterocycles. The van der Waals surface area contributed by atoms with Gasteiger partial charge in [-0.2, -0.15) is 0 Å². The van der Waals surface area contributed by atoms with Crippen LogP contribution in [0.3, 0.4) is 0 Å². The summed E-state index contributed by atoms with van der Waals surface area (Å²) in [4.78, 5) is 35.6. The summed E-state index contributed by atoms with van der Waals surface area (Å²) in [5.41, 5.74) is 1.97. The molecule has 2 amide bonds. The molecule has 6 nitrogen and oxygen atoms in total. The molecule has 2 aromatic carbocycles. The number of methoxy groups -OCH3 is 1. The Hall–Kier alpha value is -3.59. The van der Waals surface area contributed by atoms with Gasteiger partial charge in [-0.25, -0.2) is 4.79 Å². The third-order valence-corrected chi connectivity index (χ3v) is 4.10. The van der Waals surface area contributed by atoms with E-state index in [0.29, 0.717) is 16.8 Å². The fourth-order valence-corrected chi connectivity index (χ4v) is 2.44. The van der Waals surface area contributed by atoms with Crippen LogP contribution in [0.25, 0.3) is 0 Å². The van der Waals surface area contributed by atoms with Crippen molar-refractivity contribution in [2.75, 3.05) is 19.0 Å². The SMILES string of the molecule is COC(=O)c1cccc(C#Cc2cccc(NC(=O)CCNC(=O)C(C)(C)C)c2)c1. The number of carbonyl (C=O) groups excluding carboxylic acids is 3. The van der Waals surface area contributed by atoms with Gasteiger partial charge < -0.3 is 15.4 Å². The first kappa shape index (κ1) is 22.7. The monoisotopic (exact) mass is 406 g/mol. The van der Waals surface area contributed by atoms with Crippen molar-refractivity contribution < 1.29 is 19.1 Å². The highest BCUT2D eigenvalue weighted by Crippen LogP contribution is 2.13. The maximum absolute atomic E-state index is 12.1. The Balaban J connectivity index is 1.97. The first-order chi connectivity index (χ1) is 14.2. The highest BCUT2D eigenvalue weighted by atomic mass is 16.5. The molecule has 0 aliphatic rings. The lowest BCUT2D eigenvalue weighted by Gasteiger charge is -2.17. The van der Waals surface area contributed by atoms with Gasteiger partial charge in [-0.15, -0.1) is 0 Å². The van der Waals surface area contributed by atoms with Gasteiger partial charge in [-0.3, -0.25) is 9.59 Å². The molecule has 2 N–H and O–H groups in total. The summed E-state index contributed by atoms with van der Waals surface area (Å²) >= 11 is 0. The average Bonchev–Trinajstić information content (AvgIpc) is 2.71. The van der Waals surface area contributed by atoms with Gasteiger partial charge in [-0.05, 0) is 36.4 Å². The van der Waals surface area contributed by atoms with Gasteiger partial charge in [0.2, 0.25) is 11.8 Å². The van der Waals surface area contributed by atoms with Crippen LogP contribution in [0.5, 0.6) is 0 Å². The van der Waals surface area contributed by atoms with Crippen LogP contribution in [-0.4, -0.2) is 31.4 Å². The number of amides is 2. The second-order valence-corrected chi connectivity index (χ2v) is 7.71. The second kappa shape index (κ2) is 10.3. The third kappa shape index (κ3) is 7.10. The summed E-state index contributed by atoms with van der Waals surface area (Å²) in [7, 11) is 1.33. The summed E-state index contributed by atoms with van der Waals surface area (Å²) in [6.45, 7) is 5.74. The number of nitrogens with one attached hydrogen (secondary N) is 2. The summed E-state index contributed by atoms with van der Waals surface area (Å²) in [6.07, 6.45) is 0.179. The number of rotatable bonds is 5. The van der Waals surface area contributed by atoms with E-state index in [4.69, 9.17) is 4.74 Å². The molecule has 0 radical (unpaired) electrons. The van der Waals surface area contributed by atoms with Crippen molar-refractivity contribution in [2.45, 2.75) is 27.2 Å². The van der Waals surface area contributed by atoms with E-state index in [0.717, 1.165) is 5.56 Å². The van der Waals surface area contributed by atoms with Crippen LogP contribution in [0.4, 0.5) is 5.69 Å². The van der Waals surface area contributed by atoms with E-state index >= 15 is 0 Å². The lowest BCUT2D eigenvalue weighted by Crippen LogP contribution is -2.36. The van der Waals surface area contributed by atoms with Crippen LogP contribution in [0, 0.1) is 17.3 Å². The number of anilines is 1. The molecule has 0 heterocycles. The number of benzene rings is 2. The molecule has 0 saturated carbocycles. The summed E-state index contributed by atoms with van der Waals surface area (Å²) in [5, 5.41) is 5.56. The maximum Gasteiger partial charge on any atom is 0.337 e. The zero-order valence-electron chi connectivity index (χ0n) is 17.7. The first-order valence-corrected chi connectivity index (χ1v) is 9.57. The Kier molecular flexibility index (Phi) is 7.76. The van der Waals surface area contributed by atoms with Gasteiger partial charge >= 0.3 is 5.97 Å². The number of hydrogen-bond donors (Lipinski definition) is 2. The Morgan fingerprint density at radius 1 is 0.967 bits per heavy atom. The van der Waals surface area contributed by atoms with Crippen molar-refractivity contribution in [3.05, 3.63) is 65.2 Å². The Labute approximate surface area is 177 Å². The molecule has 0 spiro atoms. The van der Waals surface area contributed by atoms with E-state index < -0.39 is 11.4 Å². The third-order valence-electron chi connectivity index (χ3n) is 4.10. The number of hydrogen-bond acceptors (Lipinski definition) is 4. The van der Waals surface area contributed by atoms with Gasteiger partial charge in [0.1, 0.15) is 0 Å². The minimum absolute atomic E-state index is 0.0937. The Morgan fingerprint density at radius 3 is 2.23 bits per heavy atom. The molecule has 0 bridgehead atoms. The molecular formula is C24H26N2O4. The molecule has 30 heavy (non-hydrogen) atoms. The fourth-order valence-electron chi connectivity index (χ4n) is 2.44. The molecule has 0 atom stereocenters. The molecule has 156 valence electrons. The van der Waals surface area contributed by atoms with Gasteiger partial charge in [0.25, 0.3) is 0 Å². The maximum atomic E-state index is 12.1. The van der Waals surface area contributed by atoms with Crippen LogP contribution in [0.2, 0.25) is 0 Å². The highest BCUT2D eigenvalue weighted by molar-refractivity contribution is 5.91. The van der Waals surface area contributed by atoms with Crippen LogP contribution in [-0.2, 0) is 14.3 Å². The predicted octanol–water partition coefficient (Wildman–Crippen LogP) is 3.36. The largest absolute Gasteiger partial charge is 0.465 e. The lowest BCUT2D eigenvalue weighted by atomic mass is 9.96. The van der Waals surface area contributed by atoms with Gasteiger partial charge in [0.05, 0.1) is 12.7 Å². The van der Waals surface area contributed by atoms with Crippen molar-refractivity contribution >= 4 is 23.5 Å². The Morgan fingerprint density at radius 2 is 1.60 bits per heavy atom. The van der Waals surface area contributed by atoms with Crippen molar-refractivity contribution in [1.82, 2.24) is 5.32 Å². The molecule has 0 aliphatic heterocycles. The number of ether oxygens (including phenoxy) is 1. The standard InChI is InChI=1S/C24H26N2O4/c1-24(2,3)23(29)25-14-13-21(27)26-20-10-6-8-18(16-20)12-11-17-7-5-9-19(15-17)22(28)30-4/h5-10,15-16H,13-14H2,1-4H3,(H,25,29)(H,26,27). The molecule has 6 heteroatoms. The summed E-state index contributed by atoms with van der Waals surface area (Å²) in [6, 6.07) is 14.0. The summed E-state index contributed by atoms with van der Waals surface area (Å²) in [5.74, 6) is 5.32. The van der Waals surface area contributed by atoms with Gasteiger partial charge in [0.15, 0.2) is 0 Å². The van der Waals surface area contributed by atoms with Gasteiger partial charge in [-0.1, -0.05) is 44.7 Å². The highest BCUT2D eigenvalue weighted by Gasteiger charge is 2.20. The van der Waals surface area contributed by atoms with E-state index in [2.05, 4.69) is 22.5 Å². The van der Waals surface area contributed by atoms with Crippen molar-refractivity contribution in [2.24, 2.45) is 5.41 Å². The van der Waals surface area contributed by atoms with Crippen molar-refractivity contribution in [1.29, 1.82) is 0 Å². The van der Waals surface area contributed by atoms with Gasteiger partial charge in [0, 0.05) is 35.2 Å². The number of esters is 1. The van der Waals surface area contributed by atoms with E-state index in [1.165, 1.54) is 7.11 Å². The molecule has 0 aliphatic carbocycles. The first-order valence-electron chi connectivity index (χ1n) is 9.57. The van der Waals surface area contributed by atoms with Crippen LogP contribution >= 0.6 is 0 Å². The second-order valence-electron chi connectivity index (χ2n) is 7.71. The van der Waals surface area contributed by atoms with E-state index in [1.807, 2.05) is 26.8 Å². The minimum atomic E-state index is -0.486. The molecular weight excluding hydrogens is 380 g/mol. The average molecular weight is 406 g/mol. The predicted molar refractivity (Wildman–Crippen MR) is 116 cm³/mol. The van der Waals surface area contributed by atoms with Crippen molar-refractivity contribution in [3.63, 3.8) is 0 Å². The van der Waals surface area contributed by atoms with Crippen molar-refractivity contribution in [3.8, 4) is 11.8 Å². The Bertz CT molecular complexity index is 994. The normalized spacial score (nSPS) is 10.4. The smallest absolute Gasteiger partial charge is 0.337 e. The zero-order chi connectivity index (χ0) is 22.1. The molecule has 0 unspecified atom stereocenters. The van der Waals surface area contributed by atoms with Crippen LogP contribution < -0.4 is 10.6 Å². The molecule has 0 aromatic heterocycles. The lowest BCUT2D eigenvalue weighted by molar-refractivity contribution is -0.128. The van der Waals surface area contributed by atoms with E-state index in [1.54, 1.807) is 42.5 Å². The number of carbonyl (C=O) groups is 3. The quantitative estimate of drug-likeness (QED) is 0.589. The summed E-state index contributed by atoms with van der Waals surface area (Å²) < 4.78 is 4.71. The van der Waals surface area contributed by atoms with Crippen LogP contribution in [0.1, 0.15) is 48.7 Å². The van der Waals surface area contributed by atoms with Crippen LogP contribution in [0.15, 0.2) is 48.5 Å². The molecule has 2 aromatic rings.